The van der Waals surface area contributed by atoms with Crippen LogP contribution in [-0.2, 0) is 9.59 Å². The summed E-state index contributed by atoms with van der Waals surface area (Å²) in [5, 5.41) is 18.1. The Hall–Kier alpha value is -3.95. The number of nitrogens with one attached hydrogen (secondary N) is 1. The molecule has 0 saturated carbocycles. The normalized spacial score (nSPS) is 16.1. The molecule has 2 N–H and O–H groups in total. The number of halogens is 3. The van der Waals surface area contributed by atoms with E-state index in [-0.39, 0.29) is 17.7 Å². The van der Waals surface area contributed by atoms with Crippen LogP contribution < -0.4 is 5.56 Å². The molecule has 2 aromatic carbocycles. The molecule has 1 amide bonds. The van der Waals surface area contributed by atoms with Gasteiger partial charge in [-0.1, -0.05) is 47.5 Å². The Morgan fingerprint density at radius 1 is 1.05 bits per heavy atom. The van der Waals surface area contributed by atoms with Crippen molar-refractivity contribution in [2.24, 2.45) is 5.10 Å². The summed E-state index contributed by atoms with van der Waals surface area (Å²) >= 11 is 12.1. The van der Waals surface area contributed by atoms with Gasteiger partial charge in [0.2, 0.25) is 0 Å². The monoisotopic (exact) mass is 540 g/mol. The van der Waals surface area contributed by atoms with Crippen molar-refractivity contribution in [1.82, 2.24) is 14.6 Å². The minimum absolute atomic E-state index is 0.0910. The standard InChI is InChI=1S/C26H19Cl2FN4O4/c27-16-7-3-14(4-8-16)21-13-19(30-33(21)26(37)18(29)12-22(34)35)24-23(15-5-9-17(28)10-6-15)20-2-1-11-32(20)31-25(24)36/h1-11,18,21H,12-13H2,(H,31,36)(H,34,35)/t18?,21-/m0/s1. The summed E-state index contributed by atoms with van der Waals surface area (Å²) < 4.78 is 16.2. The van der Waals surface area contributed by atoms with Crippen LogP contribution >= 0.6 is 23.2 Å². The number of nitrogens with zero attached hydrogens (tertiary/aromatic N) is 3. The van der Waals surface area contributed by atoms with E-state index in [0.29, 0.717) is 32.3 Å². The number of amides is 1. The van der Waals surface area contributed by atoms with Gasteiger partial charge in [0.25, 0.3) is 11.5 Å². The van der Waals surface area contributed by atoms with E-state index in [1.54, 1.807) is 65.3 Å². The highest BCUT2D eigenvalue weighted by molar-refractivity contribution is 6.31. The van der Waals surface area contributed by atoms with Gasteiger partial charge in [-0.25, -0.2) is 9.40 Å². The van der Waals surface area contributed by atoms with E-state index in [2.05, 4.69) is 10.2 Å². The maximum absolute atomic E-state index is 14.7. The predicted octanol–water partition coefficient (Wildman–Crippen LogP) is 5.09. The Morgan fingerprint density at radius 3 is 2.35 bits per heavy atom. The molecule has 1 unspecified atom stereocenters. The number of rotatable bonds is 6. The van der Waals surface area contributed by atoms with Gasteiger partial charge in [0.1, 0.15) is 0 Å². The fourth-order valence-corrected chi connectivity index (χ4v) is 4.72. The summed E-state index contributed by atoms with van der Waals surface area (Å²) in [6.45, 7) is 0. The van der Waals surface area contributed by atoms with Gasteiger partial charge >= 0.3 is 5.97 Å². The van der Waals surface area contributed by atoms with Gasteiger partial charge in [-0.3, -0.25) is 24.0 Å². The van der Waals surface area contributed by atoms with E-state index in [1.807, 2.05) is 6.07 Å². The van der Waals surface area contributed by atoms with Crippen molar-refractivity contribution in [2.75, 3.05) is 0 Å². The number of hydrogen-bond donors (Lipinski definition) is 2. The topological polar surface area (TPSA) is 107 Å². The fourth-order valence-electron chi connectivity index (χ4n) is 4.47. The number of H-pyrrole nitrogens is 1. The molecule has 0 bridgehead atoms. The molecule has 8 nitrogen and oxygen atoms in total. The van der Waals surface area contributed by atoms with Crippen molar-refractivity contribution in [2.45, 2.75) is 25.1 Å². The maximum Gasteiger partial charge on any atom is 0.306 e. The van der Waals surface area contributed by atoms with Crippen LogP contribution in [0.15, 0.2) is 76.8 Å². The van der Waals surface area contributed by atoms with Gasteiger partial charge in [-0.15, -0.1) is 0 Å². The van der Waals surface area contributed by atoms with E-state index in [4.69, 9.17) is 28.3 Å². The number of aliphatic carboxylic acids is 1. The largest absolute Gasteiger partial charge is 0.481 e. The number of hydrogen-bond acceptors (Lipinski definition) is 4. The zero-order valence-electron chi connectivity index (χ0n) is 19.1. The van der Waals surface area contributed by atoms with Gasteiger partial charge in [-0.05, 0) is 47.5 Å². The Kier molecular flexibility index (Phi) is 6.57. The minimum atomic E-state index is -2.31. The molecule has 11 heteroatoms. The molecule has 3 heterocycles. The third-order valence-electron chi connectivity index (χ3n) is 6.14. The molecule has 0 saturated heterocycles. The molecule has 1 aliphatic rings. The third-order valence-corrected chi connectivity index (χ3v) is 6.64. The molecule has 0 spiro atoms. The van der Waals surface area contributed by atoms with Crippen LogP contribution in [-0.4, -0.2) is 43.5 Å². The predicted molar refractivity (Wildman–Crippen MR) is 138 cm³/mol. The summed E-state index contributed by atoms with van der Waals surface area (Å²) in [5.74, 6) is -2.56. The van der Waals surface area contributed by atoms with Crippen molar-refractivity contribution in [3.05, 3.63) is 98.4 Å². The van der Waals surface area contributed by atoms with Crippen molar-refractivity contribution in [3.8, 4) is 11.1 Å². The van der Waals surface area contributed by atoms with E-state index < -0.39 is 36.1 Å². The lowest BCUT2D eigenvalue weighted by Gasteiger charge is -2.23. The Morgan fingerprint density at radius 2 is 1.70 bits per heavy atom. The number of carboxylic acids is 1. The second kappa shape index (κ2) is 9.84. The SMILES string of the molecule is O=C(O)CC(F)C(=O)N1N=C(c2c(-c3ccc(Cl)cc3)c3cccn3[nH]c2=O)C[C@H]1c1ccc(Cl)cc1. The smallest absolute Gasteiger partial charge is 0.306 e. The fraction of sp³-hybridized carbons (Fsp3) is 0.154. The van der Waals surface area contributed by atoms with E-state index in [9.17, 15) is 18.8 Å². The minimum Gasteiger partial charge on any atom is -0.481 e. The Bertz CT molecular complexity index is 1600. The van der Waals surface area contributed by atoms with Gasteiger partial charge in [0, 0.05) is 28.2 Å². The summed E-state index contributed by atoms with van der Waals surface area (Å²) in [6, 6.07) is 16.4. The van der Waals surface area contributed by atoms with Crippen molar-refractivity contribution in [3.63, 3.8) is 0 Å². The molecular formula is C26H19Cl2FN4O4. The number of fused-ring (bicyclic) bond motifs is 1. The molecule has 2 aromatic heterocycles. The second-order valence-corrected chi connectivity index (χ2v) is 9.40. The van der Waals surface area contributed by atoms with Gasteiger partial charge < -0.3 is 5.11 Å². The number of alkyl halides is 1. The van der Waals surface area contributed by atoms with Gasteiger partial charge in [-0.2, -0.15) is 5.10 Å². The summed E-state index contributed by atoms with van der Waals surface area (Å²) in [7, 11) is 0. The van der Waals surface area contributed by atoms with Crippen LogP contribution in [0.4, 0.5) is 4.39 Å². The third kappa shape index (κ3) is 4.75. The molecule has 2 atom stereocenters. The molecule has 37 heavy (non-hydrogen) atoms. The molecular weight excluding hydrogens is 522 g/mol. The van der Waals surface area contributed by atoms with Crippen LogP contribution in [0.2, 0.25) is 10.0 Å². The molecule has 0 aliphatic carbocycles. The summed E-state index contributed by atoms with van der Waals surface area (Å²) in [5.41, 5.74) is 2.56. The summed E-state index contributed by atoms with van der Waals surface area (Å²) in [6.07, 6.45) is -1.52. The van der Waals surface area contributed by atoms with Crippen molar-refractivity contribution in [1.29, 1.82) is 0 Å². The Labute approximate surface area is 219 Å². The molecule has 1 aliphatic heterocycles. The number of carboxylic acid groups (broad SMARTS) is 1. The average molecular weight is 541 g/mol. The van der Waals surface area contributed by atoms with Crippen LogP contribution in [0.5, 0.6) is 0 Å². The first-order valence-corrected chi connectivity index (χ1v) is 12.0. The number of benzene rings is 2. The zero-order chi connectivity index (χ0) is 26.3. The highest BCUT2D eigenvalue weighted by Crippen LogP contribution is 2.37. The first kappa shape index (κ1) is 24.7. The van der Waals surface area contributed by atoms with E-state index in [1.165, 1.54) is 0 Å². The zero-order valence-corrected chi connectivity index (χ0v) is 20.6. The lowest BCUT2D eigenvalue weighted by Crippen LogP contribution is -2.35. The lowest BCUT2D eigenvalue weighted by molar-refractivity contribution is -0.146. The number of hydrazone groups is 1. The molecule has 4 aromatic rings. The van der Waals surface area contributed by atoms with E-state index >= 15 is 0 Å². The number of carbonyl (C=O) groups excluding carboxylic acids is 1. The highest BCUT2D eigenvalue weighted by Gasteiger charge is 2.39. The van der Waals surface area contributed by atoms with Crippen molar-refractivity contribution < 1.29 is 19.1 Å². The molecule has 188 valence electrons. The molecule has 5 rings (SSSR count). The average Bonchev–Trinajstić information content (AvgIpc) is 3.50. The Balaban J connectivity index is 1.68. The van der Waals surface area contributed by atoms with Crippen LogP contribution in [0.25, 0.3) is 16.6 Å². The molecule has 0 fully saturated rings. The summed E-state index contributed by atoms with van der Waals surface area (Å²) in [4.78, 5) is 37.4. The van der Waals surface area contributed by atoms with Crippen LogP contribution in [0, 0.1) is 0 Å². The first-order valence-electron chi connectivity index (χ1n) is 11.2. The van der Waals surface area contributed by atoms with E-state index in [0.717, 1.165) is 5.01 Å². The lowest BCUT2D eigenvalue weighted by atomic mass is 9.93. The highest BCUT2D eigenvalue weighted by atomic mass is 35.5. The first-order chi connectivity index (χ1) is 17.7. The van der Waals surface area contributed by atoms with Gasteiger partial charge in [0.05, 0.1) is 29.3 Å². The number of carbonyl (C=O) groups is 2. The number of aromatic nitrogens is 2. The maximum atomic E-state index is 14.7. The quantitative estimate of drug-likeness (QED) is 0.355. The number of aromatic amines is 1. The van der Waals surface area contributed by atoms with Crippen LogP contribution in [0.1, 0.15) is 30.0 Å². The van der Waals surface area contributed by atoms with Gasteiger partial charge in [0.15, 0.2) is 6.17 Å². The second-order valence-electron chi connectivity index (χ2n) is 8.53. The van der Waals surface area contributed by atoms with Crippen LogP contribution in [0.3, 0.4) is 0 Å². The van der Waals surface area contributed by atoms with Crippen molar-refractivity contribution >= 4 is 46.3 Å². The molecule has 0 radical (unpaired) electrons.